The number of hydrogen-bond donors (Lipinski definition) is 2. The van der Waals surface area contributed by atoms with Crippen LogP contribution in [0.3, 0.4) is 0 Å². The van der Waals surface area contributed by atoms with Gasteiger partial charge in [-0.3, -0.25) is 0 Å². The fourth-order valence-electron chi connectivity index (χ4n) is 2.48. The zero-order valence-electron chi connectivity index (χ0n) is 9.64. The van der Waals surface area contributed by atoms with Crippen molar-refractivity contribution in [2.75, 3.05) is 11.9 Å². The lowest BCUT2D eigenvalue weighted by molar-refractivity contribution is 0.639. The molecule has 1 aliphatic rings. The Balaban J connectivity index is 2.13. The van der Waals surface area contributed by atoms with Crippen molar-refractivity contribution < 1.29 is 0 Å². The van der Waals surface area contributed by atoms with Gasteiger partial charge in [-0.15, -0.1) is 0 Å². The van der Waals surface area contributed by atoms with Gasteiger partial charge in [0.25, 0.3) is 0 Å². The van der Waals surface area contributed by atoms with E-state index < -0.39 is 0 Å². The van der Waals surface area contributed by atoms with E-state index in [1.165, 1.54) is 28.8 Å². The van der Waals surface area contributed by atoms with E-state index in [1.807, 2.05) is 0 Å². The van der Waals surface area contributed by atoms with E-state index in [2.05, 4.69) is 31.3 Å². The molecule has 2 rings (SSSR count). The summed E-state index contributed by atoms with van der Waals surface area (Å²) in [5, 5.41) is 3.61. The number of rotatable bonds is 3. The Kier molecular flexibility index (Phi) is 2.96. The van der Waals surface area contributed by atoms with Gasteiger partial charge >= 0.3 is 0 Å². The highest BCUT2D eigenvalue weighted by molar-refractivity contribution is 5.63. The molecule has 1 aromatic carbocycles. The summed E-state index contributed by atoms with van der Waals surface area (Å²) in [7, 11) is 0. The summed E-state index contributed by atoms with van der Waals surface area (Å²) in [6.07, 6.45) is 3.46. The van der Waals surface area contributed by atoms with E-state index >= 15 is 0 Å². The first-order chi connectivity index (χ1) is 7.20. The van der Waals surface area contributed by atoms with Crippen LogP contribution in [0, 0.1) is 13.8 Å². The van der Waals surface area contributed by atoms with Gasteiger partial charge in [0, 0.05) is 11.7 Å². The maximum absolute atomic E-state index is 5.54. The molecular weight excluding hydrogens is 184 g/mol. The van der Waals surface area contributed by atoms with Crippen molar-refractivity contribution in [1.82, 2.24) is 0 Å². The maximum atomic E-state index is 5.54. The van der Waals surface area contributed by atoms with Crippen molar-refractivity contribution in [2.45, 2.75) is 39.2 Å². The summed E-state index contributed by atoms with van der Waals surface area (Å²) in [6, 6.07) is 5.15. The summed E-state index contributed by atoms with van der Waals surface area (Å²) >= 11 is 0. The Morgan fingerprint density at radius 1 is 1.40 bits per heavy atom. The lowest BCUT2D eigenvalue weighted by Gasteiger charge is -2.10. The highest BCUT2D eigenvalue weighted by Crippen LogP contribution is 2.31. The molecule has 2 nitrogen and oxygen atoms in total. The molecule has 1 aliphatic heterocycles. The molecule has 0 aromatic heterocycles. The van der Waals surface area contributed by atoms with Crippen molar-refractivity contribution >= 4 is 5.69 Å². The zero-order chi connectivity index (χ0) is 10.8. The summed E-state index contributed by atoms with van der Waals surface area (Å²) in [4.78, 5) is 0. The van der Waals surface area contributed by atoms with Gasteiger partial charge in [0.15, 0.2) is 0 Å². The molecule has 0 aliphatic carbocycles. The SMILES string of the molecule is Cc1cc(C)c2c(c1)CC(CCCN)N2. The molecule has 82 valence electrons. The van der Waals surface area contributed by atoms with Gasteiger partial charge in [-0.2, -0.15) is 0 Å². The van der Waals surface area contributed by atoms with Gasteiger partial charge in [-0.25, -0.2) is 0 Å². The van der Waals surface area contributed by atoms with Gasteiger partial charge in [-0.1, -0.05) is 17.7 Å². The monoisotopic (exact) mass is 204 g/mol. The molecule has 3 N–H and O–H groups in total. The normalized spacial score (nSPS) is 18.7. The van der Waals surface area contributed by atoms with Crippen LogP contribution >= 0.6 is 0 Å². The van der Waals surface area contributed by atoms with Crippen molar-refractivity contribution in [3.63, 3.8) is 0 Å². The van der Waals surface area contributed by atoms with Crippen LogP contribution in [0.5, 0.6) is 0 Å². The summed E-state index contributed by atoms with van der Waals surface area (Å²) in [5.41, 5.74) is 11.1. The highest BCUT2D eigenvalue weighted by atomic mass is 14.9. The fourth-order valence-corrected chi connectivity index (χ4v) is 2.48. The topological polar surface area (TPSA) is 38.0 Å². The molecule has 1 atom stereocenters. The minimum Gasteiger partial charge on any atom is -0.382 e. The van der Waals surface area contributed by atoms with E-state index in [0.29, 0.717) is 6.04 Å². The van der Waals surface area contributed by atoms with E-state index in [0.717, 1.165) is 19.4 Å². The van der Waals surface area contributed by atoms with Gasteiger partial charge in [0.05, 0.1) is 0 Å². The average molecular weight is 204 g/mol. The molecule has 0 saturated carbocycles. The Labute approximate surface area is 91.9 Å². The number of nitrogens with two attached hydrogens (primary N) is 1. The van der Waals surface area contributed by atoms with Crippen LogP contribution in [-0.4, -0.2) is 12.6 Å². The van der Waals surface area contributed by atoms with E-state index in [4.69, 9.17) is 5.73 Å². The standard InChI is InChI=1S/C13H20N2/c1-9-6-10(2)13-11(7-9)8-12(15-13)4-3-5-14/h6-7,12,15H,3-5,8,14H2,1-2H3. The van der Waals surface area contributed by atoms with Gasteiger partial charge in [0.1, 0.15) is 0 Å². The third-order valence-corrected chi connectivity index (χ3v) is 3.13. The molecule has 0 fully saturated rings. The summed E-state index contributed by atoms with van der Waals surface area (Å²) < 4.78 is 0. The van der Waals surface area contributed by atoms with Crippen molar-refractivity contribution in [3.05, 3.63) is 28.8 Å². The van der Waals surface area contributed by atoms with Crippen molar-refractivity contribution in [3.8, 4) is 0 Å². The van der Waals surface area contributed by atoms with Crippen LogP contribution in [0.25, 0.3) is 0 Å². The number of aryl methyl sites for hydroxylation is 2. The molecule has 0 saturated heterocycles. The molecule has 2 heteroatoms. The summed E-state index contributed by atoms with van der Waals surface area (Å²) in [6.45, 7) is 5.15. The lowest BCUT2D eigenvalue weighted by Crippen LogP contribution is -2.17. The van der Waals surface area contributed by atoms with E-state index in [1.54, 1.807) is 0 Å². The quantitative estimate of drug-likeness (QED) is 0.793. The maximum Gasteiger partial charge on any atom is 0.0405 e. The predicted molar refractivity (Wildman–Crippen MR) is 65.3 cm³/mol. The van der Waals surface area contributed by atoms with Crippen molar-refractivity contribution in [2.24, 2.45) is 5.73 Å². The number of nitrogens with one attached hydrogen (secondary N) is 1. The highest BCUT2D eigenvalue weighted by Gasteiger charge is 2.21. The van der Waals surface area contributed by atoms with Gasteiger partial charge in [0.2, 0.25) is 0 Å². The Morgan fingerprint density at radius 3 is 2.93 bits per heavy atom. The predicted octanol–water partition coefficient (Wildman–Crippen LogP) is 2.38. The molecule has 0 amide bonds. The van der Waals surface area contributed by atoms with E-state index in [9.17, 15) is 0 Å². The Bertz CT molecular complexity index is 358. The van der Waals surface area contributed by atoms with Crippen LogP contribution in [0.2, 0.25) is 0 Å². The second-order valence-corrected chi connectivity index (χ2v) is 4.59. The molecular formula is C13H20N2. The number of hydrogen-bond acceptors (Lipinski definition) is 2. The Hall–Kier alpha value is -1.02. The van der Waals surface area contributed by atoms with Gasteiger partial charge in [-0.05, 0) is 50.8 Å². The molecule has 15 heavy (non-hydrogen) atoms. The Morgan fingerprint density at radius 2 is 2.20 bits per heavy atom. The molecule has 1 aromatic rings. The average Bonchev–Trinajstić information content (AvgIpc) is 2.57. The van der Waals surface area contributed by atoms with Crippen LogP contribution in [-0.2, 0) is 6.42 Å². The summed E-state index contributed by atoms with van der Waals surface area (Å²) in [5.74, 6) is 0. The zero-order valence-corrected chi connectivity index (χ0v) is 9.64. The lowest BCUT2D eigenvalue weighted by atomic mass is 10.0. The molecule has 1 heterocycles. The minimum absolute atomic E-state index is 0.601. The minimum atomic E-state index is 0.601. The number of fused-ring (bicyclic) bond motifs is 1. The largest absolute Gasteiger partial charge is 0.382 e. The third kappa shape index (κ3) is 2.15. The number of anilines is 1. The van der Waals surface area contributed by atoms with Crippen LogP contribution in [0.1, 0.15) is 29.5 Å². The first-order valence-electron chi connectivity index (χ1n) is 5.77. The van der Waals surface area contributed by atoms with E-state index in [-0.39, 0.29) is 0 Å². The first-order valence-corrected chi connectivity index (χ1v) is 5.77. The second kappa shape index (κ2) is 4.23. The van der Waals surface area contributed by atoms with Crippen LogP contribution in [0.15, 0.2) is 12.1 Å². The molecule has 0 spiro atoms. The smallest absolute Gasteiger partial charge is 0.0405 e. The fraction of sp³-hybridized carbons (Fsp3) is 0.538. The number of benzene rings is 1. The first kappa shape index (κ1) is 10.5. The van der Waals surface area contributed by atoms with Crippen molar-refractivity contribution in [1.29, 1.82) is 0 Å². The van der Waals surface area contributed by atoms with Crippen LogP contribution < -0.4 is 11.1 Å². The third-order valence-electron chi connectivity index (χ3n) is 3.13. The van der Waals surface area contributed by atoms with Crippen LogP contribution in [0.4, 0.5) is 5.69 Å². The second-order valence-electron chi connectivity index (χ2n) is 4.59. The molecule has 1 unspecified atom stereocenters. The molecule has 0 radical (unpaired) electrons. The molecule has 0 bridgehead atoms. The van der Waals surface area contributed by atoms with Gasteiger partial charge < -0.3 is 11.1 Å².